The first kappa shape index (κ1) is 22.4. The molecule has 0 bridgehead atoms. The minimum atomic E-state index is -3.77. The Morgan fingerprint density at radius 3 is 2.31 bits per heavy atom. The van der Waals surface area contributed by atoms with Crippen LogP contribution in [0.25, 0.3) is 0 Å². The summed E-state index contributed by atoms with van der Waals surface area (Å²) in [5, 5.41) is 2.74. The third-order valence-corrected chi connectivity index (χ3v) is 5.40. The van der Waals surface area contributed by atoms with Crippen LogP contribution in [0.1, 0.15) is 13.8 Å². The van der Waals surface area contributed by atoms with E-state index < -0.39 is 22.0 Å². The summed E-state index contributed by atoms with van der Waals surface area (Å²) < 4.78 is 42.0. The van der Waals surface area contributed by atoms with Gasteiger partial charge in [0.25, 0.3) is 0 Å². The largest absolute Gasteiger partial charge is 0.493 e. The summed E-state index contributed by atoms with van der Waals surface area (Å²) in [6.07, 6.45) is 1.04. The van der Waals surface area contributed by atoms with Crippen molar-refractivity contribution in [3.8, 4) is 17.2 Å². The molecule has 1 atom stereocenters. The third-order valence-electron chi connectivity index (χ3n) is 4.15. The molecule has 0 aromatic heterocycles. The van der Waals surface area contributed by atoms with Crippen LogP contribution in [-0.2, 0) is 14.8 Å². The van der Waals surface area contributed by atoms with E-state index in [1.165, 1.54) is 27.2 Å². The number of para-hydroxylation sites is 2. The molecule has 29 heavy (non-hydrogen) atoms. The number of ether oxygens (including phenoxy) is 3. The maximum absolute atomic E-state index is 12.9. The fourth-order valence-electron chi connectivity index (χ4n) is 2.86. The summed E-state index contributed by atoms with van der Waals surface area (Å²) in [5.74, 6) is 0.810. The fourth-order valence-corrected chi connectivity index (χ4v) is 4.03. The van der Waals surface area contributed by atoms with Crippen LogP contribution in [-0.4, -0.2) is 47.4 Å². The van der Waals surface area contributed by atoms with Crippen molar-refractivity contribution in [3.63, 3.8) is 0 Å². The molecular formula is C20H26N2O6S. The van der Waals surface area contributed by atoms with Crippen molar-refractivity contribution in [1.29, 1.82) is 0 Å². The van der Waals surface area contributed by atoms with Crippen molar-refractivity contribution < 1.29 is 27.4 Å². The van der Waals surface area contributed by atoms with Gasteiger partial charge in [-0.05, 0) is 38.1 Å². The summed E-state index contributed by atoms with van der Waals surface area (Å²) >= 11 is 0. The molecule has 0 aliphatic carbocycles. The Morgan fingerprint density at radius 2 is 1.72 bits per heavy atom. The molecule has 1 N–H and O–H groups in total. The first-order valence-corrected chi connectivity index (χ1v) is 10.8. The third kappa shape index (κ3) is 5.32. The lowest BCUT2D eigenvalue weighted by molar-refractivity contribution is -0.116. The molecular weight excluding hydrogens is 396 g/mol. The van der Waals surface area contributed by atoms with Gasteiger partial charge in [0.2, 0.25) is 15.9 Å². The van der Waals surface area contributed by atoms with Gasteiger partial charge in [0, 0.05) is 6.07 Å². The van der Waals surface area contributed by atoms with Crippen LogP contribution in [0, 0.1) is 0 Å². The topological polar surface area (TPSA) is 94.2 Å². The van der Waals surface area contributed by atoms with Crippen molar-refractivity contribution in [1.82, 2.24) is 0 Å². The summed E-state index contributed by atoms with van der Waals surface area (Å²) in [6.45, 7) is 3.78. The van der Waals surface area contributed by atoms with E-state index in [9.17, 15) is 13.2 Å². The average molecular weight is 423 g/mol. The maximum Gasteiger partial charge on any atom is 0.248 e. The zero-order valence-corrected chi connectivity index (χ0v) is 17.9. The van der Waals surface area contributed by atoms with Crippen LogP contribution < -0.4 is 23.8 Å². The Balaban J connectivity index is 2.38. The number of rotatable bonds is 9. The Bertz CT molecular complexity index is 961. The van der Waals surface area contributed by atoms with E-state index >= 15 is 0 Å². The number of carbonyl (C=O) groups is 1. The molecule has 0 heterocycles. The van der Waals surface area contributed by atoms with E-state index in [1.807, 2.05) is 6.92 Å². The van der Waals surface area contributed by atoms with E-state index in [1.54, 1.807) is 36.4 Å². The van der Waals surface area contributed by atoms with Gasteiger partial charge in [0.1, 0.15) is 11.8 Å². The summed E-state index contributed by atoms with van der Waals surface area (Å²) in [7, 11) is -0.839. The summed E-state index contributed by atoms with van der Waals surface area (Å²) in [6, 6.07) is 10.6. The second kappa shape index (κ2) is 9.51. The van der Waals surface area contributed by atoms with Crippen LogP contribution in [0.15, 0.2) is 42.5 Å². The van der Waals surface area contributed by atoms with Gasteiger partial charge in [-0.3, -0.25) is 9.10 Å². The van der Waals surface area contributed by atoms with Gasteiger partial charge < -0.3 is 19.5 Å². The summed E-state index contributed by atoms with van der Waals surface area (Å²) in [5.41, 5.74) is 0.748. The second-order valence-electron chi connectivity index (χ2n) is 6.19. The van der Waals surface area contributed by atoms with Crippen LogP contribution >= 0.6 is 0 Å². The van der Waals surface area contributed by atoms with E-state index in [2.05, 4.69) is 5.32 Å². The van der Waals surface area contributed by atoms with Crippen molar-refractivity contribution >= 4 is 27.3 Å². The molecule has 1 amide bonds. The highest BCUT2D eigenvalue weighted by Crippen LogP contribution is 2.33. The Labute approximate surface area is 171 Å². The number of nitrogens with one attached hydrogen (secondary N) is 1. The Morgan fingerprint density at radius 1 is 1.07 bits per heavy atom. The molecule has 0 radical (unpaired) electrons. The van der Waals surface area contributed by atoms with Gasteiger partial charge in [-0.1, -0.05) is 12.1 Å². The van der Waals surface area contributed by atoms with E-state index in [0.29, 0.717) is 29.5 Å². The summed E-state index contributed by atoms with van der Waals surface area (Å²) in [4.78, 5) is 12.9. The number of carbonyl (C=O) groups excluding carboxylic acids is 1. The number of sulfonamides is 1. The number of benzene rings is 2. The molecule has 2 aromatic carbocycles. The highest BCUT2D eigenvalue weighted by atomic mass is 32.2. The van der Waals surface area contributed by atoms with E-state index in [-0.39, 0.29) is 5.69 Å². The van der Waals surface area contributed by atoms with Crippen LogP contribution in [0.4, 0.5) is 11.4 Å². The molecule has 8 nitrogen and oxygen atoms in total. The lowest BCUT2D eigenvalue weighted by Gasteiger charge is -2.29. The maximum atomic E-state index is 12.9. The highest BCUT2D eigenvalue weighted by Gasteiger charge is 2.30. The number of hydrogen-bond acceptors (Lipinski definition) is 6. The van der Waals surface area contributed by atoms with Gasteiger partial charge in [0.05, 0.1) is 38.5 Å². The number of methoxy groups -OCH3 is 2. The molecule has 2 rings (SSSR count). The standard InChI is InChI=1S/C20H26N2O6S/c1-6-28-17-10-8-7-9-16(17)21-20(23)14(2)22(29(5,24)25)15-11-12-18(26-3)19(13-15)27-4/h7-14H,6H2,1-5H3,(H,21,23)/t14-/m1/s1. The zero-order valence-electron chi connectivity index (χ0n) is 17.1. The molecule has 158 valence electrons. The van der Waals surface area contributed by atoms with Gasteiger partial charge in [0.15, 0.2) is 11.5 Å². The Kier molecular flexibility index (Phi) is 7.33. The molecule has 2 aromatic rings. The van der Waals surface area contributed by atoms with Crippen LogP contribution in [0.5, 0.6) is 17.2 Å². The predicted octanol–water partition coefficient (Wildman–Crippen LogP) is 2.90. The van der Waals surface area contributed by atoms with E-state index in [4.69, 9.17) is 14.2 Å². The van der Waals surface area contributed by atoms with Crippen molar-refractivity contribution in [2.75, 3.05) is 36.7 Å². The average Bonchev–Trinajstić information content (AvgIpc) is 2.68. The van der Waals surface area contributed by atoms with Crippen molar-refractivity contribution in [2.24, 2.45) is 0 Å². The molecule has 0 saturated carbocycles. The minimum absolute atomic E-state index is 0.283. The van der Waals surface area contributed by atoms with Gasteiger partial charge >= 0.3 is 0 Å². The SMILES string of the molecule is CCOc1ccccc1NC(=O)[C@@H](C)N(c1ccc(OC)c(OC)c1)S(C)(=O)=O. The quantitative estimate of drug-likeness (QED) is 0.668. The number of anilines is 2. The molecule has 0 aliphatic heterocycles. The molecule has 0 saturated heterocycles. The van der Waals surface area contributed by atoms with Gasteiger partial charge in [-0.15, -0.1) is 0 Å². The number of hydrogen-bond donors (Lipinski definition) is 1. The van der Waals surface area contributed by atoms with Crippen molar-refractivity contribution in [2.45, 2.75) is 19.9 Å². The molecule has 0 aliphatic rings. The second-order valence-corrected chi connectivity index (χ2v) is 8.05. The van der Waals surface area contributed by atoms with Crippen molar-refractivity contribution in [3.05, 3.63) is 42.5 Å². The number of amides is 1. The minimum Gasteiger partial charge on any atom is -0.493 e. The fraction of sp³-hybridized carbons (Fsp3) is 0.350. The molecule has 9 heteroatoms. The highest BCUT2D eigenvalue weighted by molar-refractivity contribution is 7.92. The lowest BCUT2D eigenvalue weighted by Crippen LogP contribution is -2.45. The zero-order chi connectivity index (χ0) is 21.6. The van der Waals surface area contributed by atoms with Crippen LogP contribution in [0.2, 0.25) is 0 Å². The molecule has 0 spiro atoms. The number of nitrogens with zero attached hydrogens (tertiary/aromatic N) is 1. The van der Waals surface area contributed by atoms with Gasteiger partial charge in [-0.25, -0.2) is 8.42 Å². The van der Waals surface area contributed by atoms with Gasteiger partial charge in [-0.2, -0.15) is 0 Å². The Hall–Kier alpha value is -2.94. The smallest absolute Gasteiger partial charge is 0.248 e. The first-order chi connectivity index (χ1) is 13.7. The van der Waals surface area contributed by atoms with Crippen LogP contribution in [0.3, 0.4) is 0 Å². The normalized spacial score (nSPS) is 12.0. The predicted molar refractivity (Wildman–Crippen MR) is 113 cm³/mol. The molecule has 0 unspecified atom stereocenters. The lowest BCUT2D eigenvalue weighted by atomic mass is 10.2. The molecule has 0 fully saturated rings. The first-order valence-electron chi connectivity index (χ1n) is 8.97. The van der Waals surface area contributed by atoms with E-state index in [0.717, 1.165) is 10.6 Å². The monoisotopic (exact) mass is 422 g/mol.